The first-order valence-electron chi connectivity index (χ1n) is 5.42. The fraction of sp³-hybridized carbons (Fsp3) is 0.417. The number of anilines is 1. The molecule has 4 nitrogen and oxygen atoms in total. The zero-order valence-corrected chi connectivity index (χ0v) is 9.77. The molecule has 0 aliphatic rings. The van der Waals surface area contributed by atoms with Gasteiger partial charge in [0.05, 0.1) is 5.56 Å². The van der Waals surface area contributed by atoms with Crippen molar-refractivity contribution < 1.29 is 9.53 Å². The summed E-state index contributed by atoms with van der Waals surface area (Å²) in [5.74, 6) is -0.313. The average Bonchev–Trinajstić information content (AvgIpc) is 2.31. The second-order valence-corrected chi connectivity index (χ2v) is 3.49. The predicted octanol–water partition coefficient (Wildman–Crippen LogP) is 1.72. The summed E-state index contributed by atoms with van der Waals surface area (Å²) in [5, 5.41) is 0. The summed E-state index contributed by atoms with van der Waals surface area (Å²) in [5.41, 5.74) is 6.70. The van der Waals surface area contributed by atoms with Crippen LogP contribution < -0.4 is 5.73 Å². The Morgan fingerprint density at radius 1 is 1.25 bits per heavy atom. The quantitative estimate of drug-likeness (QED) is 0.468. The number of rotatable bonds is 5. The predicted molar refractivity (Wildman–Crippen MR) is 64.1 cm³/mol. The Labute approximate surface area is 96.0 Å². The fourth-order valence-electron chi connectivity index (χ4n) is 1.26. The van der Waals surface area contributed by atoms with Gasteiger partial charge in [-0.25, -0.2) is 4.79 Å². The summed E-state index contributed by atoms with van der Waals surface area (Å²) in [7, 11) is 0. The number of hydrogen-bond donors (Lipinski definition) is 1. The van der Waals surface area contributed by atoms with Crippen LogP contribution in [-0.2, 0) is 4.74 Å². The second-order valence-electron chi connectivity index (χ2n) is 3.49. The molecule has 0 bridgehead atoms. The highest BCUT2D eigenvalue weighted by molar-refractivity contribution is 5.89. The normalized spacial score (nSPS) is 10.4. The molecule has 0 amide bonds. The molecule has 88 valence electrons. The number of nitrogen functional groups attached to an aromatic ring is 1. The zero-order valence-electron chi connectivity index (χ0n) is 9.77. The van der Waals surface area contributed by atoms with Gasteiger partial charge in [0.15, 0.2) is 0 Å². The van der Waals surface area contributed by atoms with Crippen LogP contribution in [0.2, 0.25) is 0 Å². The molecule has 1 aromatic rings. The molecule has 0 fully saturated rings. The zero-order chi connectivity index (χ0) is 12.0. The van der Waals surface area contributed by atoms with Gasteiger partial charge in [-0.3, -0.25) is 4.90 Å². The molecule has 4 heteroatoms. The SMILES string of the molecule is CCN(CC)COC(=O)c1ccc(N)cc1. The van der Waals surface area contributed by atoms with E-state index in [0.29, 0.717) is 18.0 Å². The lowest BCUT2D eigenvalue weighted by atomic mass is 10.2. The van der Waals surface area contributed by atoms with E-state index in [1.165, 1.54) is 0 Å². The van der Waals surface area contributed by atoms with E-state index in [2.05, 4.69) is 0 Å². The summed E-state index contributed by atoms with van der Waals surface area (Å²) in [6.07, 6.45) is 0. The van der Waals surface area contributed by atoms with Gasteiger partial charge in [0.2, 0.25) is 0 Å². The maximum absolute atomic E-state index is 11.6. The van der Waals surface area contributed by atoms with Crippen LogP contribution in [0.5, 0.6) is 0 Å². The molecule has 0 saturated heterocycles. The number of benzene rings is 1. The first kappa shape index (κ1) is 12.5. The van der Waals surface area contributed by atoms with Crippen LogP contribution in [0.3, 0.4) is 0 Å². The summed E-state index contributed by atoms with van der Waals surface area (Å²) in [4.78, 5) is 13.6. The molecule has 0 heterocycles. The van der Waals surface area contributed by atoms with Crippen molar-refractivity contribution in [1.82, 2.24) is 4.90 Å². The summed E-state index contributed by atoms with van der Waals surface area (Å²) in [6.45, 7) is 6.12. The highest BCUT2D eigenvalue weighted by Crippen LogP contribution is 2.07. The van der Waals surface area contributed by atoms with Crippen molar-refractivity contribution in [2.45, 2.75) is 13.8 Å². The Morgan fingerprint density at radius 3 is 2.31 bits per heavy atom. The van der Waals surface area contributed by atoms with Crippen molar-refractivity contribution in [2.75, 3.05) is 25.6 Å². The number of hydrogen-bond acceptors (Lipinski definition) is 4. The fourth-order valence-corrected chi connectivity index (χ4v) is 1.26. The molecular weight excluding hydrogens is 204 g/mol. The molecule has 2 N–H and O–H groups in total. The Morgan fingerprint density at radius 2 is 1.81 bits per heavy atom. The molecule has 16 heavy (non-hydrogen) atoms. The number of carbonyl (C=O) groups excluding carboxylic acids is 1. The lowest BCUT2D eigenvalue weighted by Gasteiger charge is -2.17. The van der Waals surface area contributed by atoms with E-state index in [-0.39, 0.29) is 5.97 Å². The third-order valence-electron chi connectivity index (χ3n) is 2.42. The maximum atomic E-state index is 11.6. The standard InChI is InChI=1S/C12H18N2O2/c1-3-14(4-2)9-16-12(15)10-5-7-11(13)8-6-10/h5-8H,3-4,9,13H2,1-2H3. The minimum Gasteiger partial charge on any atom is -0.446 e. The molecule has 0 saturated carbocycles. The summed E-state index contributed by atoms with van der Waals surface area (Å²) < 4.78 is 5.16. The monoisotopic (exact) mass is 222 g/mol. The van der Waals surface area contributed by atoms with Crippen LogP contribution in [0.4, 0.5) is 5.69 Å². The van der Waals surface area contributed by atoms with E-state index in [4.69, 9.17) is 10.5 Å². The van der Waals surface area contributed by atoms with Crippen molar-refractivity contribution in [2.24, 2.45) is 0 Å². The molecular formula is C12H18N2O2. The van der Waals surface area contributed by atoms with E-state index < -0.39 is 0 Å². The number of esters is 1. The van der Waals surface area contributed by atoms with Crippen LogP contribution in [-0.4, -0.2) is 30.7 Å². The molecule has 0 aliphatic carbocycles. The smallest absolute Gasteiger partial charge is 0.339 e. The lowest BCUT2D eigenvalue weighted by Crippen LogP contribution is -2.27. The van der Waals surface area contributed by atoms with E-state index in [1.54, 1.807) is 24.3 Å². The van der Waals surface area contributed by atoms with Gasteiger partial charge in [-0.1, -0.05) is 13.8 Å². The van der Waals surface area contributed by atoms with Crippen molar-refractivity contribution in [1.29, 1.82) is 0 Å². The summed E-state index contributed by atoms with van der Waals surface area (Å²) >= 11 is 0. The third kappa shape index (κ3) is 3.55. The van der Waals surface area contributed by atoms with Gasteiger partial charge in [-0.05, 0) is 37.4 Å². The Balaban J connectivity index is 2.49. The topological polar surface area (TPSA) is 55.6 Å². The van der Waals surface area contributed by atoms with Gasteiger partial charge >= 0.3 is 5.97 Å². The van der Waals surface area contributed by atoms with Crippen molar-refractivity contribution >= 4 is 11.7 Å². The first-order chi connectivity index (χ1) is 7.67. The minimum absolute atomic E-state index is 0.313. The molecule has 0 atom stereocenters. The molecule has 0 aliphatic heterocycles. The van der Waals surface area contributed by atoms with Gasteiger partial charge in [-0.15, -0.1) is 0 Å². The van der Waals surface area contributed by atoms with E-state index >= 15 is 0 Å². The van der Waals surface area contributed by atoms with E-state index in [0.717, 1.165) is 13.1 Å². The molecule has 1 aromatic carbocycles. The Bertz CT molecular complexity index is 331. The van der Waals surface area contributed by atoms with Crippen LogP contribution in [0.25, 0.3) is 0 Å². The molecule has 0 radical (unpaired) electrons. The lowest BCUT2D eigenvalue weighted by molar-refractivity contribution is 0.0240. The van der Waals surface area contributed by atoms with E-state index in [9.17, 15) is 4.79 Å². The maximum Gasteiger partial charge on any atom is 0.339 e. The number of nitrogens with two attached hydrogens (primary N) is 1. The van der Waals surface area contributed by atoms with Gasteiger partial charge in [-0.2, -0.15) is 0 Å². The molecule has 0 unspecified atom stereocenters. The largest absolute Gasteiger partial charge is 0.446 e. The molecule has 1 rings (SSSR count). The van der Waals surface area contributed by atoms with Crippen molar-refractivity contribution in [3.63, 3.8) is 0 Å². The number of nitrogens with zero attached hydrogens (tertiary/aromatic N) is 1. The third-order valence-corrected chi connectivity index (χ3v) is 2.42. The Hall–Kier alpha value is -1.55. The highest BCUT2D eigenvalue weighted by atomic mass is 16.5. The van der Waals surface area contributed by atoms with Gasteiger partial charge in [0.25, 0.3) is 0 Å². The van der Waals surface area contributed by atoms with Crippen LogP contribution in [0, 0.1) is 0 Å². The van der Waals surface area contributed by atoms with Crippen LogP contribution in [0.15, 0.2) is 24.3 Å². The van der Waals surface area contributed by atoms with E-state index in [1.807, 2.05) is 18.7 Å². The highest BCUT2D eigenvalue weighted by Gasteiger charge is 2.08. The average molecular weight is 222 g/mol. The van der Waals surface area contributed by atoms with Crippen molar-refractivity contribution in [3.05, 3.63) is 29.8 Å². The van der Waals surface area contributed by atoms with Gasteiger partial charge in [0, 0.05) is 5.69 Å². The molecule has 0 spiro atoms. The molecule has 0 aromatic heterocycles. The second kappa shape index (κ2) is 6.12. The number of ether oxygens (including phenoxy) is 1. The van der Waals surface area contributed by atoms with Gasteiger partial charge in [0.1, 0.15) is 6.73 Å². The van der Waals surface area contributed by atoms with Gasteiger partial charge < -0.3 is 10.5 Å². The first-order valence-corrected chi connectivity index (χ1v) is 5.42. The van der Waals surface area contributed by atoms with Crippen LogP contribution >= 0.6 is 0 Å². The van der Waals surface area contributed by atoms with Crippen LogP contribution in [0.1, 0.15) is 24.2 Å². The van der Waals surface area contributed by atoms with Crippen molar-refractivity contribution in [3.8, 4) is 0 Å². The summed E-state index contributed by atoms with van der Waals surface area (Å²) in [6, 6.07) is 6.71. The number of carbonyl (C=O) groups is 1. The minimum atomic E-state index is -0.313. The Kier molecular flexibility index (Phi) is 4.79.